The molecule has 0 unspecified atom stereocenters. The van der Waals surface area contributed by atoms with Gasteiger partial charge in [0.1, 0.15) is 48.3 Å². The van der Waals surface area contributed by atoms with Crippen LogP contribution in [0.4, 0.5) is 0 Å². The fourth-order valence-corrected chi connectivity index (χ4v) is 9.45. The van der Waals surface area contributed by atoms with Gasteiger partial charge >= 0.3 is 5.97 Å². The maximum absolute atomic E-state index is 14.4. The Morgan fingerprint density at radius 3 is 1.51 bits per heavy atom. The van der Waals surface area contributed by atoms with Gasteiger partial charge in [-0.15, -0.1) is 0 Å². The molecule has 4 aliphatic heterocycles. The van der Waals surface area contributed by atoms with Gasteiger partial charge in [0.05, 0.1) is 49.2 Å². The van der Waals surface area contributed by atoms with Crippen LogP contribution in [0.5, 0.6) is 0 Å². The molecule has 4 rings (SSSR count). The molecular weight excluding hydrogens is 1000 g/mol. The Balaban J connectivity index is 1.38. The summed E-state index contributed by atoms with van der Waals surface area (Å²) in [4.78, 5) is 140. The maximum Gasteiger partial charge on any atom is 0.326 e. The molecule has 0 bridgehead atoms. The van der Waals surface area contributed by atoms with E-state index in [1.54, 1.807) is 62.3 Å². The first kappa shape index (κ1) is 64.0. The second kappa shape index (κ2) is 28.9. The molecule has 0 radical (unpaired) electrons. The van der Waals surface area contributed by atoms with Gasteiger partial charge in [0.2, 0.25) is 53.2 Å². The second-order valence-electron chi connectivity index (χ2n) is 23.4. The molecule has 0 aliphatic carbocycles. The standard InChI is InChI=1S/C52H89N11O14/c1-31(56-40(64)27-55-41(65)34(28-75-50(2,3)4)58-44(68)35(29-76-51(5,6)7)59-42(66)32-18-13-23-54-32)46(70)62-25-15-20-38(62)48(72)63-26-16-21-39(63)47(71)61-24-14-19-37(61)45(69)60-36(30-77-52(8,9)10)43(67)57-33(49(73)74)17-11-12-22-53/h31-39,54H,11-30,53H2,1-10H3,(H,55,65)(H,56,64)(H,57,67)(H,58,68)(H,59,66)(H,60,69)(H,73,74)/t31-,32-,33-,34-,35-,36-,37-,38-,39-/m0/s1. The van der Waals surface area contributed by atoms with Crippen LogP contribution < -0.4 is 43.0 Å². The Hall–Kier alpha value is -5.50. The van der Waals surface area contributed by atoms with E-state index in [-0.39, 0.29) is 58.2 Å². The van der Waals surface area contributed by atoms with Crippen molar-refractivity contribution in [1.29, 1.82) is 0 Å². The Bertz CT molecular complexity index is 2090. The molecule has 4 heterocycles. The topological polar surface area (TPSA) is 339 Å². The number of hydrogen-bond donors (Lipinski definition) is 9. The number of rotatable bonds is 26. The third-order valence-corrected chi connectivity index (χ3v) is 13.5. The third-order valence-electron chi connectivity index (χ3n) is 13.5. The van der Waals surface area contributed by atoms with Crippen LogP contribution in [-0.4, -0.2) is 209 Å². The van der Waals surface area contributed by atoms with E-state index in [9.17, 15) is 53.1 Å². The van der Waals surface area contributed by atoms with Crippen molar-refractivity contribution in [1.82, 2.24) is 51.9 Å². The minimum atomic E-state index is -1.31. The van der Waals surface area contributed by atoms with E-state index in [0.29, 0.717) is 64.5 Å². The van der Waals surface area contributed by atoms with Gasteiger partial charge < -0.3 is 77.0 Å². The molecule has 25 nitrogen and oxygen atoms in total. The normalized spacial score (nSPS) is 21.8. The molecular formula is C52H89N11O14. The van der Waals surface area contributed by atoms with E-state index in [4.69, 9.17) is 19.9 Å². The third kappa shape index (κ3) is 20.3. The molecule has 0 aromatic rings. The van der Waals surface area contributed by atoms with Crippen molar-refractivity contribution in [3.63, 3.8) is 0 Å². The summed E-state index contributed by atoms with van der Waals surface area (Å²) >= 11 is 0. The van der Waals surface area contributed by atoms with E-state index >= 15 is 0 Å². The molecule has 0 saturated carbocycles. The highest BCUT2D eigenvalue weighted by Crippen LogP contribution is 2.29. The van der Waals surface area contributed by atoms with Gasteiger partial charge in [0.25, 0.3) is 0 Å². The molecule has 0 aromatic heterocycles. The number of nitrogens with zero attached hydrogens (tertiary/aromatic N) is 3. The monoisotopic (exact) mass is 1090 g/mol. The van der Waals surface area contributed by atoms with Crippen molar-refractivity contribution in [2.75, 3.05) is 59.1 Å². The van der Waals surface area contributed by atoms with Gasteiger partial charge in [-0.3, -0.25) is 43.2 Å². The molecule has 436 valence electrons. The Labute approximate surface area is 453 Å². The predicted molar refractivity (Wildman–Crippen MR) is 281 cm³/mol. The van der Waals surface area contributed by atoms with E-state index in [1.807, 2.05) is 0 Å². The average Bonchev–Trinajstić information content (AvgIpc) is 4.21. The van der Waals surface area contributed by atoms with Gasteiger partial charge in [-0.25, -0.2) is 4.79 Å². The number of carboxylic acids is 1. The zero-order chi connectivity index (χ0) is 57.4. The lowest BCUT2D eigenvalue weighted by Gasteiger charge is -2.35. The molecule has 9 atom stereocenters. The van der Waals surface area contributed by atoms with Crippen LogP contribution in [0.25, 0.3) is 0 Å². The van der Waals surface area contributed by atoms with Gasteiger partial charge in [0.15, 0.2) is 0 Å². The lowest BCUT2D eigenvalue weighted by Crippen LogP contribution is -2.59. The minimum Gasteiger partial charge on any atom is -0.480 e. The number of nitrogens with one attached hydrogen (secondary N) is 7. The van der Waals surface area contributed by atoms with E-state index in [2.05, 4.69) is 37.2 Å². The summed E-state index contributed by atoms with van der Waals surface area (Å²) < 4.78 is 17.6. The second-order valence-corrected chi connectivity index (χ2v) is 23.4. The van der Waals surface area contributed by atoms with E-state index in [1.165, 1.54) is 21.6 Å². The number of carboxylic acid groups (broad SMARTS) is 1. The number of amides is 9. The number of carbonyl (C=O) groups is 10. The summed E-state index contributed by atoms with van der Waals surface area (Å²) in [5.74, 6) is -6.67. The van der Waals surface area contributed by atoms with Crippen LogP contribution in [-0.2, 0) is 62.2 Å². The van der Waals surface area contributed by atoms with E-state index in [0.717, 1.165) is 6.42 Å². The number of unbranched alkanes of at least 4 members (excludes halogenated alkanes) is 1. The first-order valence-corrected chi connectivity index (χ1v) is 27.3. The molecule has 77 heavy (non-hydrogen) atoms. The van der Waals surface area contributed by atoms with Crippen molar-refractivity contribution < 1.29 is 67.3 Å². The SMILES string of the molecule is C[C@H](NC(=O)CNC(=O)[C@H](COC(C)(C)C)NC(=O)[C@H](COC(C)(C)C)NC(=O)[C@@H]1CCCN1)C(=O)N1CCC[C@H]1C(=O)N1CCC[C@H]1C(=O)N1CCC[C@H]1C(=O)N[C@@H](COC(C)(C)C)C(=O)N[C@@H](CCCCN)C(=O)O. The number of likely N-dealkylation sites (tertiary alicyclic amines) is 3. The average molecular weight is 1090 g/mol. The summed E-state index contributed by atoms with van der Waals surface area (Å²) in [6.45, 7) is 17.8. The highest BCUT2D eigenvalue weighted by Gasteiger charge is 2.47. The Morgan fingerprint density at radius 2 is 1.03 bits per heavy atom. The van der Waals surface area contributed by atoms with Crippen LogP contribution in [0.15, 0.2) is 0 Å². The van der Waals surface area contributed by atoms with Crippen molar-refractivity contribution in [3.8, 4) is 0 Å². The van der Waals surface area contributed by atoms with Crippen LogP contribution in [0, 0.1) is 0 Å². The fourth-order valence-electron chi connectivity index (χ4n) is 9.45. The van der Waals surface area contributed by atoms with Gasteiger partial charge in [-0.05, 0) is 153 Å². The molecule has 4 aliphatic rings. The molecule has 9 amide bonds. The van der Waals surface area contributed by atoms with Crippen molar-refractivity contribution >= 4 is 59.1 Å². The lowest BCUT2D eigenvalue weighted by molar-refractivity contribution is -0.151. The molecule has 25 heteroatoms. The minimum absolute atomic E-state index is 0.129. The number of ether oxygens (including phenoxy) is 3. The number of hydrogen-bond acceptors (Lipinski definition) is 15. The highest BCUT2D eigenvalue weighted by atomic mass is 16.5. The van der Waals surface area contributed by atoms with Crippen LogP contribution in [0.1, 0.15) is 140 Å². The van der Waals surface area contributed by atoms with Gasteiger partial charge in [-0.2, -0.15) is 0 Å². The number of nitrogens with two attached hydrogens (primary N) is 1. The highest BCUT2D eigenvalue weighted by molar-refractivity contribution is 5.98. The first-order chi connectivity index (χ1) is 36.0. The van der Waals surface area contributed by atoms with Crippen LogP contribution >= 0.6 is 0 Å². The summed E-state index contributed by atoms with van der Waals surface area (Å²) in [5, 5.41) is 28.6. The zero-order valence-electron chi connectivity index (χ0n) is 47.0. The van der Waals surface area contributed by atoms with Crippen LogP contribution in [0.3, 0.4) is 0 Å². The molecule has 0 aromatic carbocycles. The quantitative estimate of drug-likeness (QED) is 0.0466. The lowest BCUT2D eigenvalue weighted by atomic mass is 10.1. The van der Waals surface area contributed by atoms with Crippen molar-refractivity contribution in [2.24, 2.45) is 5.73 Å². The summed E-state index contributed by atoms with van der Waals surface area (Å²) in [6.07, 6.45) is 4.87. The molecule has 4 fully saturated rings. The Morgan fingerprint density at radius 1 is 0.571 bits per heavy atom. The van der Waals surface area contributed by atoms with Gasteiger partial charge in [-0.1, -0.05) is 0 Å². The maximum atomic E-state index is 14.4. The largest absolute Gasteiger partial charge is 0.480 e. The van der Waals surface area contributed by atoms with Gasteiger partial charge in [0, 0.05) is 19.6 Å². The Kier molecular flexibility index (Phi) is 24.1. The molecule has 0 spiro atoms. The van der Waals surface area contributed by atoms with Crippen molar-refractivity contribution in [3.05, 3.63) is 0 Å². The summed E-state index contributed by atoms with van der Waals surface area (Å²) in [6, 6.07) is -9.47. The predicted octanol–water partition coefficient (Wildman–Crippen LogP) is -1.07. The first-order valence-electron chi connectivity index (χ1n) is 27.3. The zero-order valence-corrected chi connectivity index (χ0v) is 47.0. The van der Waals surface area contributed by atoms with Crippen LogP contribution in [0.2, 0.25) is 0 Å². The smallest absolute Gasteiger partial charge is 0.326 e. The summed E-state index contributed by atoms with van der Waals surface area (Å²) in [5.41, 5.74) is 3.48. The summed E-state index contributed by atoms with van der Waals surface area (Å²) in [7, 11) is 0. The fraction of sp³-hybridized carbons (Fsp3) is 0.808. The number of aliphatic carboxylic acids is 1. The van der Waals surface area contributed by atoms with E-state index < -0.39 is 131 Å². The molecule has 10 N–H and O–H groups in total. The molecule has 4 saturated heterocycles. The number of carbonyl (C=O) groups excluding carboxylic acids is 9. The van der Waals surface area contributed by atoms with Crippen molar-refractivity contribution in [2.45, 2.75) is 211 Å².